The molecule has 1 atom stereocenters. The first-order valence-corrected chi connectivity index (χ1v) is 12.2. The van der Waals surface area contributed by atoms with Gasteiger partial charge in [-0.25, -0.2) is 4.79 Å². The molecule has 34 heavy (non-hydrogen) atoms. The number of hydrogen-bond acceptors (Lipinski definition) is 5. The van der Waals surface area contributed by atoms with Crippen LogP contribution in [0.4, 0.5) is 5.69 Å². The second kappa shape index (κ2) is 12.0. The molecule has 1 aliphatic rings. The van der Waals surface area contributed by atoms with Gasteiger partial charge in [-0.05, 0) is 62.4 Å². The van der Waals surface area contributed by atoms with E-state index in [-0.39, 0.29) is 23.5 Å². The Kier molecular flexibility index (Phi) is 9.12. The zero-order valence-electron chi connectivity index (χ0n) is 19.3. The standard InChI is InChI=1S/C26H32N2O5S/c1-2-33-21-12-14-26(17-34,15-13-21)25(32)28-22(16-18-6-4-3-5-7-18)23(29)27-20-10-8-19(9-11-20)24(30)31/h3-11,21-22,34H,2,12-17H2,1H3,(H,27,29)(H,28,32)(H,30,31)/t21-,22-,26+/m0/s1. The number of amides is 2. The van der Waals surface area contributed by atoms with Crippen molar-refractivity contribution in [1.82, 2.24) is 5.32 Å². The molecule has 2 aromatic carbocycles. The Bertz CT molecular complexity index is 972. The zero-order chi connectivity index (χ0) is 24.6. The lowest BCUT2D eigenvalue weighted by atomic mass is 9.73. The molecule has 3 rings (SSSR count). The van der Waals surface area contributed by atoms with E-state index in [1.807, 2.05) is 37.3 Å². The smallest absolute Gasteiger partial charge is 0.335 e. The molecule has 0 unspecified atom stereocenters. The van der Waals surface area contributed by atoms with Gasteiger partial charge < -0.3 is 20.5 Å². The number of thiol groups is 1. The maximum atomic E-state index is 13.4. The fraction of sp³-hybridized carbons (Fsp3) is 0.423. The topological polar surface area (TPSA) is 105 Å². The normalized spacial score (nSPS) is 20.8. The molecule has 0 bridgehead atoms. The monoisotopic (exact) mass is 484 g/mol. The van der Waals surface area contributed by atoms with Crippen LogP contribution in [0.25, 0.3) is 0 Å². The van der Waals surface area contributed by atoms with Crippen molar-refractivity contribution < 1.29 is 24.2 Å². The Labute approximate surface area is 205 Å². The number of carbonyl (C=O) groups is 3. The van der Waals surface area contributed by atoms with Gasteiger partial charge in [-0.3, -0.25) is 9.59 Å². The van der Waals surface area contributed by atoms with Crippen LogP contribution in [0.15, 0.2) is 54.6 Å². The van der Waals surface area contributed by atoms with Gasteiger partial charge in [0.1, 0.15) is 6.04 Å². The Morgan fingerprint density at radius 1 is 1.09 bits per heavy atom. The van der Waals surface area contributed by atoms with E-state index in [1.165, 1.54) is 24.3 Å². The molecule has 8 heteroatoms. The number of carbonyl (C=O) groups excluding carboxylic acids is 2. The first kappa shape index (κ1) is 25.8. The van der Waals surface area contributed by atoms with Crippen molar-refractivity contribution in [3.8, 4) is 0 Å². The molecule has 1 fully saturated rings. The summed E-state index contributed by atoms with van der Waals surface area (Å²) in [4.78, 5) is 37.7. The van der Waals surface area contributed by atoms with E-state index in [2.05, 4.69) is 23.3 Å². The Hall–Kier alpha value is -2.84. The SMILES string of the molecule is CCO[C@H]1CC[C@@](CS)(C(=O)N[C@@H](Cc2ccccc2)C(=O)Nc2ccc(C(=O)O)cc2)CC1. The zero-order valence-corrected chi connectivity index (χ0v) is 20.2. The van der Waals surface area contributed by atoms with E-state index in [1.54, 1.807) is 0 Å². The highest BCUT2D eigenvalue weighted by atomic mass is 32.1. The van der Waals surface area contributed by atoms with Gasteiger partial charge in [-0.2, -0.15) is 12.6 Å². The van der Waals surface area contributed by atoms with Crippen molar-refractivity contribution in [3.63, 3.8) is 0 Å². The molecule has 0 saturated heterocycles. The van der Waals surface area contributed by atoms with Crippen LogP contribution in [0.5, 0.6) is 0 Å². The van der Waals surface area contributed by atoms with Gasteiger partial charge in [0, 0.05) is 24.5 Å². The molecular formula is C26H32N2O5S. The maximum Gasteiger partial charge on any atom is 0.335 e. The summed E-state index contributed by atoms with van der Waals surface area (Å²) in [7, 11) is 0. The minimum atomic E-state index is -1.04. The summed E-state index contributed by atoms with van der Waals surface area (Å²) in [5.74, 6) is -1.18. The van der Waals surface area contributed by atoms with Gasteiger partial charge in [0.2, 0.25) is 11.8 Å². The van der Waals surface area contributed by atoms with Gasteiger partial charge in [0.25, 0.3) is 0 Å². The fourth-order valence-electron chi connectivity index (χ4n) is 4.30. The van der Waals surface area contributed by atoms with Crippen LogP contribution in [0.1, 0.15) is 48.5 Å². The lowest BCUT2D eigenvalue weighted by molar-refractivity contribution is -0.136. The molecule has 7 nitrogen and oxygen atoms in total. The van der Waals surface area contributed by atoms with E-state index in [0.717, 1.165) is 18.4 Å². The Balaban J connectivity index is 1.75. The predicted octanol–water partition coefficient (Wildman–Crippen LogP) is 3.95. The van der Waals surface area contributed by atoms with Crippen LogP contribution in [-0.2, 0) is 20.7 Å². The number of carboxylic acid groups (broad SMARTS) is 1. The number of benzene rings is 2. The van der Waals surface area contributed by atoms with Crippen LogP contribution >= 0.6 is 12.6 Å². The quantitative estimate of drug-likeness (QED) is 0.382. The van der Waals surface area contributed by atoms with E-state index < -0.39 is 17.4 Å². The van der Waals surface area contributed by atoms with Crippen LogP contribution in [0.3, 0.4) is 0 Å². The van der Waals surface area contributed by atoms with E-state index in [4.69, 9.17) is 9.84 Å². The van der Waals surface area contributed by atoms with Gasteiger partial charge in [-0.15, -0.1) is 0 Å². The highest BCUT2D eigenvalue weighted by Crippen LogP contribution is 2.39. The Morgan fingerprint density at radius 3 is 2.29 bits per heavy atom. The second-order valence-electron chi connectivity index (χ2n) is 8.68. The largest absolute Gasteiger partial charge is 0.478 e. The van der Waals surface area contributed by atoms with Gasteiger partial charge in [-0.1, -0.05) is 30.3 Å². The summed E-state index contributed by atoms with van der Waals surface area (Å²) in [5, 5.41) is 14.9. The molecule has 1 aliphatic carbocycles. The molecule has 2 amide bonds. The van der Waals surface area contributed by atoms with Crippen molar-refractivity contribution in [2.45, 2.75) is 51.2 Å². The average Bonchev–Trinajstić information content (AvgIpc) is 2.85. The number of ether oxygens (including phenoxy) is 1. The summed E-state index contributed by atoms with van der Waals surface area (Å²) in [5.41, 5.74) is 0.868. The highest BCUT2D eigenvalue weighted by Gasteiger charge is 2.42. The number of anilines is 1. The molecule has 3 N–H and O–H groups in total. The van der Waals surface area contributed by atoms with E-state index in [9.17, 15) is 14.4 Å². The van der Waals surface area contributed by atoms with Gasteiger partial charge >= 0.3 is 5.97 Å². The Morgan fingerprint density at radius 2 is 1.74 bits per heavy atom. The van der Waals surface area contributed by atoms with Crippen LogP contribution < -0.4 is 10.6 Å². The molecule has 0 aliphatic heterocycles. The van der Waals surface area contributed by atoms with Crippen molar-refractivity contribution in [3.05, 3.63) is 65.7 Å². The van der Waals surface area contributed by atoms with Crippen LogP contribution in [0.2, 0.25) is 0 Å². The van der Waals surface area contributed by atoms with Crippen molar-refractivity contribution >= 4 is 36.1 Å². The molecule has 182 valence electrons. The van der Waals surface area contributed by atoms with E-state index >= 15 is 0 Å². The van der Waals surface area contributed by atoms with Crippen molar-refractivity contribution in [2.24, 2.45) is 5.41 Å². The van der Waals surface area contributed by atoms with Gasteiger partial charge in [0.05, 0.1) is 17.1 Å². The lowest BCUT2D eigenvalue weighted by Gasteiger charge is -2.38. The minimum Gasteiger partial charge on any atom is -0.478 e. The molecule has 2 aromatic rings. The summed E-state index contributed by atoms with van der Waals surface area (Å²) < 4.78 is 5.73. The third kappa shape index (κ3) is 6.61. The molecule has 0 radical (unpaired) electrons. The highest BCUT2D eigenvalue weighted by molar-refractivity contribution is 7.80. The first-order chi connectivity index (χ1) is 16.4. The molecular weight excluding hydrogens is 452 g/mol. The lowest BCUT2D eigenvalue weighted by Crippen LogP contribution is -2.53. The van der Waals surface area contributed by atoms with Gasteiger partial charge in [0.15, 0.2) is 0 Å². The van der Waals surface area contributed by atoms with Crippen LogP contribution in [0, 0.1) is 5.41 Å². The maximum absolute atomic E-state index is 13.4. The number of carboxylic acids is 1. The van der Waals surface area contributed by atoms with E-state index in [0.29, 0.717) is 37.3 Å². The summed E-state index contributed by atoms with van der Waals surface area (Å²) >= 11 is 4.50. The summed E-state index contributed by atoms with van der Waals surface area (Å²) in [6.07, 6.45) is 3.37. The molecule has 0 heterocycles. The third-order valence-corrected chi connectivity index (χ3v) is 6.99. The van der Waals surface area contributed by atoms with Crippen LogP contribution in [-0.4, -0.2) is 47.4 Å². The number of nitrogens with one attached hydrogen (secondary N) is 2. The molecule has 1 saturated carbocycles. The number of rotatable bonds is 10. The van der Waals surface area contributed by atoms with Crippen molar-refractivity contribution in [1.29, 1.82) is 0 Å². The third-order valence-electron chi connectivity index (χ3n) is 6.38. The number of hydrogen-bond donors (Lipinski definition) is 4. The molecule has 0 spiro atoms. The molecule has 0 aromatic heterocycles. The number of aromatic carboxylic acids is 1. The second-order valence-corrected chi connectivity index (χ2v) is 9.00. The fourth-order valence-corrected chi connectivity index (χ4v) is 4.76. The average molecular weight is 485 g/mol. The minimum absolute atomic E-state index is 0.130. The van der Waals surface area contributed by atoms with Crippen molar-refractivity contribution in [2.75, 3.05) is 17.7 Å². The first-order valence-electron chi connectivity index (χ1n) is 11.6. The summed E-state index contributed by atoms with van der Waals surface area (Å²) in [6.45, 7) is 2.62. The predicted molar refractivity (Wildman–Crippen MR) is 134 cm³/mol. The summed E-state index contributed by atoms with van der Waals surface area (Å²) in [6, 6.07) is 14.6.